The molecule has 0 atom stereocenters. The lowest BCUT2D eigenvalue weighted by molar-refractivity contribution is 0.0693. The highest BCUT2D eigenvalue weighted by Gasteiger charge is 2.26. The van der Waals surface area contributed by atoms with Gasteiger partial charge in [0.2, 0.25) is 10.0 Å². The van der Waals surface area contributed by atoms with Crippen LogP contribution in [0.3, 0.4) is 0 Å². The van der Waals surface area contributed by atoms with Gasteiger partial charge in [0.05, 0.1) is 84.5 Å². The number of nitrogens with zero attached hydrogens (tertiary/aromatic N) is 20. The van der Waals surface area contributed by atoms with Crippen molar-refractivity contribution in [3.05, 3.63) is 149 Å². The molecule has 0 aliphatic rings. The van der Waals surface area contributed by atoms with Gasteiger partial charge in [0.15, 0.2) is 52.4 Å². The van der Waals surface area contributed by atoms with E-state index in [2.05, 4.69) is 124 Å². The predicted molar refractivity (Wildman–Crippen MR) is 485 cm³/mol. The number of primary sulfonamides is 1. The number of amides is 1. The lowest BCUT2D eigenvalue weighted by atomic mass is 10.0. The van der Waals surface area contributed by atoms with Gasteiger partial charge in [0.1, 0.15) is 77.7 Å². The first-order valence-electron chi connectivity index (χ1n) is 36.4. The number of ether oxygens (including phenoxy) is 1. The fourth-order valence-electron chi connectivity index (χ4n) is 12.2. The highest BCUT2D eigenvalue weighted by atomic mass is 32.2. The second-order valence-corrected chi connectivity index (χ2v) is 34.6. The number of nitriles is 4. The number of benzene rings is 7. The van der Waals surface area contributed by atoms with Crippen molar-refractivity contribution in [3.8, 4) is 47.3 Å². The molecule has 0 saturated carbocycles. The van der Waals surface area contributed by atoms with Gasteiger partial charge in [-0.3, -0.25) is 5.32 Å². The van der Waals surface area contributed by atoms with Gasteiger partial charge in [0.25, 0.3) is 0 Å². The van der Waals surface area contributed by atoms with Crippen molar-refractivity contribution in [3.63, 3.8) is 0 Å². The topological polar surface area (TPSA) is 584 Å². The molecule has 37 nitrogen and oxygen atoms in total. The molecule has 125 heavy (non-hydrogen) atoms. The van der Waals surface area contributed by atoms with E-state index in [1.54, 1.807) is 86.6 Å². The van der Waals surface area contributed by atoms with Crippen LogP contribution in [0.15, 0.2) is 181 Å². The monoisotopic (exact) mass is 1840 g/mol. The van der Waals surface area contributed by atoms with Gasteiger partial charge in [-0.2, -0.15) is 38.5 Å². The molecule has 46 heteroatoms. The molecule has 11 N–H and O–H groups in total. The maximum atomic E-state index is 12.3. The molecule has 7 aromatic carbocycles. The van der Waals surface area contributed by atoms with Crippen molar-refractivity contribution >= 4 is 255 Å². The maximum Gasteiger partial charge on any atom is 0.411 e. The fourth-order valence-corrected chi connectivity index (χ4v) is 17.7. The van der Waals surface area contributed by atoms with E-state index < -0.39 is 42.6 Å². The van der Waals surface area contributed by atoms with Gasteiger partial charge < -0.3 is 46.2 Å². The standard InChI is InChI=1S/C21H18N6O3S3.C21H16N6O3S2.C20H17N7O3S3.C17H14N6O3S/c1-4-23-14-7-5-6-12-17(14)15(9-16(18(12)28)33(3,29)30)25-26-21-13-8-11(10-22)20(31-2)24-19(13)27-32-21;1-3-23-14-6-4-5-11-16(14)15(8-12(17(11)28)21(29)30)25-26-20-13-7-10(9-22)19(31-2)24-18(13)27-32-20;1-3-23-13-6-4-5-11-16(13)14(8-15(17(11)28)33(22,29)30)25-26-20-12-7-10(9-21)19(31-2)24-18(12)27-32-20;1-3-26-17(25)20-13-7-11(4-5-14(13)24)21-22-16-12-6-10(8-18)9(2)19-15(12)23-27-16/h5-9,23,28H,4H2,1-3H3;4-8,23,28H,3H2,1-2H3,(H,29,30);4-8,23,28H,3H2,1-2H3,(H2,22,29,30);4-7,24H,3H2,1-2H3,(H,20,25). The number of carboxylic acid groups (broad SMARTS) is 1. The number of hydrogen-bond acceptors (Lipinski definition) is 41. The van der Waals surface area contributed by atoms with Crippen LogP contribution in [0.4, 0.5) is 70.3 Å². The number of hydrogen-bond donors (Lipinski definition) is 10. The predicted octanol–water partition coefficient (Wildman–Crippen LogP) is 20.3. The van der Waals surface area contributed by atoms with E-state index in [0.29, 0.717) is 176 Å². The number of aryl methyl sites for hydroxylation is 1. The number of azo groups is 4. The number of carbonyl (C=O) groups is 2. The molecule has 632 valence electrons. The molecule has 8 heterocycles. The highest BCUT2D eigenvalue weighted by Crippen LogP contribution is 2.48. The number of sulfonamides is 1. The SMILES string of the molecule is CCNc1cccc2c(O)c(C(=O)O)cc(N=Nc3snc4nc(SC)c(C#N)cc34)c12.CCNc1cccc2c(O)c(S(C)(=O)=O)cc(N=Nc3snc4nc(SC)c(C#N)cc34)c12.CCNc1cccc2c(O)c(S(N)(=O)=O)cc(N=Nc3snc4nc(SC)c(C#N)cc34)c12.CCOC(=O)Nc1cc(N=Nc2snc3nc(C)c(C#N)cc23)ccc1O. The Balaban J connectivity index is 0.000000152. The number of carbonyl (C=O) groups excluding carboxylic acids is 1. The van der Waals surface area contributed by atoms with Crippen LogP contribution in [0.1, 0.15) is 66.0 Å². The zero-order valence-electron chi connectivity index (χ0n) is 66.6. The number of phenols is 4. The van der Waals surface area contributed by atoms with Crippen LogP contribution in [-0.4, -0.2) is 143 Å². The number of nitrogens with two attached hydrogens (primary N) is 1. The van der Waals surface area contributed by atoms with E-state index in [0.717, 1.165) is 52.4 Å². The second kappa shape index (κ2) is 39.5. The molecule has 15 aromatic rings. The molecule has 0 aliphatic carbocycles. The molecule has 1 amide bonds. The minimum Gasteiger partial charge on any atom is -0.506 e. The van der Waals surface area contributed by atoms with Crippen molar-refractivity contribution in [1.29, 1.82) is 21.0 Å². The first kappa shape index (κ1) is 90.3. The molecule has 0 bridgehead atoms. The number of rotatable bonds is 22. The maximum absolute atomic E-state index is 12.3. The molecule has 15 rings (SSSR count). The minimum atomic E-state index is -4.23. The van der Waals surface area contributed by atoms with Gasteiger partial charge >= 0.3 is 12.1 Å². The molecule has 0 fully saturated rings. The van der Waals surface area contributed by atoms with Gasteiger partial charge in [0, 0.05) is 75.3 Å². The number of pyridine rings is 4. The third kappa shape index (κ3) is 19.8. The summed E-state index contributed by atoms with van der Waals surface area (Å²) >= 11 is 8.39. The molecule has 0 aliphatic heterocycles. The summed E-state index contributed by atoms with van der Waals surface area (Å²) in [6.07, 6.45) is 5.83. The van der Waals surface area contributed by atoms with Crippen LogP contribution in [0.5, 0.6) is 23.0 Å². The van der Waals surface area contributed by atoms with Gasteiger partial charge in [-0.25, -0.2) is 51.5 Å². The Hall–Kier alpha value is -13.9. The zero-order chi connectivity index (χ0) is 89.7. The number of phenolic OH excluding ortho intramolecular Hbond substituents is 3. The molecule has 0 unspecified atom stereocenters. The molecule has 0 spiro atoms. The number of aromatic carboxylic acids is 1. The van der Waals surface area contributed by atoms with Crippen molar-refractivity contribution in [1.82, 2.24) is 37.4 Å². The summed E-state index contributed by atoms with van der Waals surface area (Å²) < 4.78 is 70.6. The Kier molecular flexibility index (Phi) is 28.6. The highest BCUT2D eigenvalue weighted by molar-refractivity contribution is 7.99. The average molecular weight is 1850 g/mol. The number of thioether (sulfide) groups is 3. The fraction of sp³-hybridized carbons (Fsp3) is 0.165. The molecular weight excluding hydrogens is 1780 g/mol. The van der Waals surface area contributed by atoms with Gasteiger partial charge in [-0.15, -0.1) is 76.2 Å². The van der Waals surface area contributed by atoms with E-state index in [9.17, 15) is 67.7 Å². The summed E-state index contributed by atoms with van der Waals surface area (Å²) in [7, 11) is -7.95. The number of aromatic hydroxyl groups is 4. The van der Waals surface area contributed by atoms with E-state index in [1.807, 2.05) is 51.7 Å². The first-order valence-corrected chi connectivity index (χ1v) is 46.6. The third-order valence-corrected chi connectivity index (χ3v) is 24.8. The number of anilines is 4. The van der Waals surface area contributed by atoms with Crippen molar-refractivity contribution in [2.24, 2.45) is 46.1 Å². The summed E-state index contributed by atoms with van der Waals surface area (Å²) in [6, 6.07) is 38.7. The first-order chi connectivity index (χ1) is 60.0. The van der Waals surface area contributed by atoms with Crippen LogP contribution in [-0.2, 0) is 24.6 Å². The summed E-state index contributed by atoms with van der Waals surface area (Å²) in [5, 5.41) is 148. The molecule has 0 radical (unpaired) electrons. The quantitative estimate of drug-likeness (QED) is 0.0171. The Morgan fingerprint density at radius 2 is 0.840 bits per heavy atom. The minimum absolute atomic E-state index is 0.122. The largest absolute Gasteiger partial charge is 0.506 e. The number of aromatic nitrogens is 8. The van der Waals surface area contributed by atoms with Crippen LogP contribution in [0.2, 0.25) is 0 Å². The number of sulfone groups is 1. The van der Waals surface area contributed by atoms with Gasteiger partial charge in [-0.05, 0) is 178 Å². The molecule has 0 saturated heterocycles. The summed E-state index contributed by atoms with van der Waals surface area (Å²) in [4.78, 5) is 40.0. The van der Waals surface area contributed by atoms with E-state index >= 15 is 0 Å². The van der Waals surface area contributed by atoms with Crippen LogP contribution < -0.4 is 26.4 Å². The Morgan fingerprint density at radius 3 is 1.21 bits per heavy atom. The lowest BCUT2D eigenvalue weighted by Crippen LogP contribution is -2.13. The number of nitrogens with one attached hydrogen (secondary N) is 4. The van der Waals surface area contributed by atoms with E-state index in [-0.39, 0.29) is 62.5 Å². The third-order valence-electron chi connectivity index (χ3n) is 17.8. The van der Waals surface area contributed by atoms with Crippen LogP contribution in [0, 0.1) is 52.2 Å². The van der Waals surface area contributed by atoms with Crippen molar-refractivity contribution in [2.45, 2.75) is 59.5 Å². The molecule has 8 aromatic heterocycles. The Morgan fingerprint density at radius 1 is 0.472 bits per heavy atom. The van der Waals surface area contributed by atoms with E-state index in [4.69, 9.17) is 15.1 Å². The second-order valence-electron chi connectivity index (χ2n) is 25.7. The van der Waals surface area contributed by atoms with Gasteiger partial charge in [-0.1, -0.05) is 36.4 Å². The van der Waals surface area contributed by atoms with E-state index in [1.165, 1.54) is 65.6 Å². The molecular formula is C79H65N25O12S9. The van der Waals surface area contributed by atoms with Crippen molar-refractivity contribution < 1.29 is 56.7 Å². The smallest absolute Gasteiger partial charge is 0.411 e. The Labute approximate surface area is 738 Å². The summed E-state index contributed by atoms with van der Waals surface area (Å²) in [5.41, 5.74) is 7.19. The van der Waals surface area contributed by atoms with Crippen LogP contribution in [0.25, 0.3) is 76.5 Å². The number of fused-ring (bicyclic) bond motifs is 7. The summed E-state index contributed by atoms with van der Waals surface area (Å²) in [6.45, 7) is 11.2. The average Bonchev–Trinajstić information content (AvgIpc) is 1.47. The van der Waals surface area contributed by atoms with Crippen molar-refractivity contribution in [2.75, 3.05) is 72.5 Å². The summed E-state index contributed by atoms with van der Waals surface area (Å²) in [5.74, 6) is -2.51. The Bertz CT molecular complexity index is 7160. The number of carboxylic acids is 1. The normalized spacial score (nSPS) is 11.5. The van der Waals surface area contributed by atoms with Crippen LogP contribution >= 0.6 is 81.4 Å². The lowest BCUT2D eigenvalue weighted by Gasteiger charge is -2.13. The zero-order valence-corrected chi connectivity index (χ0v) is 73.9.